The van der Waals surface area contributed by atoms with E-state index in [9.17, 15) is 30.2 Å². The average molecular weight is 329 g/mol. The van der Waals surface area contributed by atoms with Crippen molar-refractivity contribution in [2.24, 2.45) is 0 Å². The van der Waals surface area contributed by atoms with Gasteiger partial charge >= 0.3 is 5.97 Å². The number of carboxylic acid groups (broad SMARTS) is 1. The molecule has 1 fully saturated rings. The Morgan fingerprint density at radius 1 is 1.26 bits per heavy atom. The lowest BCUT2D eigenvalue weighted by molar-refractivity contribution is -0.385. The van der Waals surface area contributed by atoms with Crippen molar-refractivity contribution in [3.63, 3.8) is 0 Å². The van der Waals surface area contributed by atoms with E-state index in [1.54, 1.807) is 0 Å². The van der Waals surface area contributed by atoms with Gasteiger partial charge in [0.05, 0.1) is 4.92 Å². The maximum atomic E-state index is 11.0. The second-order valence-corrected chi connectivity index (χ2v) is 5.06. The number of carboxylic acids is 1. The molecular weight excluding hydrogens is 314 g/mol. The lowest BCUT2D eigenvalue weighted by atomic mass is 9.99. The van der Waals surface area contributed by atoms with Crippen molar-refractivity contribution in [3.8, 4) is 5.75 Å². The number of hydrogen-bond acceptors (Lipinski definition) is 8. The molecule has 0 bridgehead atoms. The Morgan fingerprint density at radius 3 is 2.43 bits per heavy atom. The predicted octanol–water partition coefficient (Wildman–Crippen LogP) is -0.826. The minimum absolute atomic E-state index is 0.0740. The lowest BCUT2D eigenvalue weighted by Crippen LogP contribution is -2.61. The molecule has 0 amide bonds. The Kier molecular flexibility index (Phi) is 4.80. The van der Waals surface area contributed by atoms with E-state index in [1.165, 1.54) is 25.1 Å². The Bertz CT molecular complexity index is 619. The number of carbonyl (C=O) groups is 1. The summed E-state index contributed by atoms with van der Waals surface area (Å²) in [6.07, 6.45) is -8.64. The molecule has 0 aliphatic carbocycles. The zero-order valence-electron chi connectivity index (χ0n) is 11.9. The highest BCUT2D eigenvalue weighted by Gasteiger charge is 2.48. The van der Waals surface area contributed by atoms with Crippen molar-refractivity contribution in [2.75, 3.05) is 0 Å². The highest BCUT2D eigenvalue weighted by Crippen LogP contribution is 2.27. The molecule has 0 saturated carbocycles. The fraction of sp³-hybridized carbons (Fsp3) is 0.462. The molecule has 0 unspecified atom stereocenters. The minimum Gasteiger partial charge on any atom is -0.479 e. The van der Waals surface area contributed by atoms with E-state index in [2.05, 4.69) is 0 Å². The number of ether oxygens (including phenoxy) is 2. The Labute approximate surface area is 129 Å². The third kappa shape index (κ3) is 3.40. The summed E-state index contributed by atoms with van der Waals surface area (Å²) in [5.41, 5.74) is 0.148. The van der Waals surface area contributed by atoms with Crippen molar-refractivity contribution in [2.45, 2.75) is 37.6 Å². The zero-order valence-corrected chi connectivity index (χ0v) is 11.9. The van der Waals surface area contributed by atoms with Gasteiger partial charge in [0.2, 0.25) is 6.29 Å². The van der Waals surface area contributed by atoms with E-state index in [-0.39, 0.29) is 17.0 Å². The van der Waals surface area contributed by atoms with Crippen LogP contribution in [0.1, 0.15) is 5.56 Å². The van der Waals surface area contributed by atoms with Crippen molar-refractivity contribution < 1.29 is 39.6 Å². The van der Waals surface area contributed by atoms with Crippen LogP contribution in [0.5, 0.6) is 5.75 Å². The van der Waals surface area contributed by atoms with Crippen LogP contribution in [0.25, 0.3) is 0 Å². The smallest absolute Gasteiger partial charge is 0.335 e. The molecule has 1 aromatic carbocycles. The van der Waals surface area contributed by atoms with Crippen LogP contribution in [0.3, 0.4) is 0 Å². The number of rotatable bonds is 4. The fourth-order valence-corrected chi connectivity index (χ4v) is 2.19. The molecule has 10 heteroatoms. The fourth-order valence-electron chi connectivity index (χ4n) is 2.19. The van der Waals surface area contributed by atoms with Gasteiger partial charge in [-0.2, -0.15) is 0 Å². The van der Waals surface area contributed by atoms with Crippen LogP contribution in [-0.2, 0) is 9.53 Å². The highest BCUT2D eigenvalue weighted by atomic mass is 16.7. The van der Waals surface area contributed by atoms with E-state index >= 15 is 0 Å². The van der Waals surface area contributed by atoms with Crippen LogP contribution in [0.4, 0.5) is 5.69 Å². The van der Waals surface area contributed by atoms with Gasteiger partial charge in [0.15, 0.2) is 6.10 Å². The normalized spacial score (nSPS) is 30.7. The molecule has 126 valence electrons. The molecule has 2 rings (SSSR count). The molecule has 0 aromatic heterocycles. The number of aryl methyl sites for hydroxylation is 1. The van der Waals surface area contributed by atoms with Crippen molar-refractivity contribution >= 4 is 11.7 Å². The summed E-state index contributed by atoms with van der Waals surface area (Å²) >= 11 is 0. The predicted molar refractivity (Wildman–Crippen MR) is 72.8 cm³/mol. The molecule has 4 N–H and O–H groups in total. The average Bonchev–Trinajstić information content (AvgIpc) is 2.47. The molecule has 1 heterocycles. The summed E-state index contributed by atoms with van der Waals surface area (Å²) in [5, 5.41) is 48.7. The van der Waals surface area contributed by atoms with Gasteiger partial charge < -0.3 is 29.9 Å². The number of benzene rings is 1. The second kappa shape index (κ2) is 6.46. The number of aliphatic carboxylic acids is 1. The van der Waals surface area contributed by atoms with Crippen LogP contribution in [0.15, 0.2) is 18.2 Å². The van der Waals surface area contributed by atoms with Gasteiger partial charge in [0, 0.05) is 11.6 Å². The molecular formula is C13H15NO9. The Morgan fingerprint density at radius 2 is 1.91 bits per heavy atom. The highest BCUT2D eigenvalue weighted by molar-refractivity contribution is 5.73. The van der Waals surface area contributed by atoms with Gasteiger partial charge in [-0.3, -0.25) is 10.1 Å². The molecule has 10 nitrogen and oxygen atoms in total. The van der Waals surface area contributed by atoms with Crippen LogP contribution in [0.2, 0.25) is 0 Å². The van der Waals surface area contributed by atoms with Gasteiger partial charge in [-0.25, -0.2) is 4.79 Å². The van der Waals surface area contributed by atoms with Gasteiger partial charge in [-0.15, -0.1) is 0 Å². The number of nitro groups is 1. The van der Waals surface area contributed by atoms with Gasteiger partial charge in [0.25, 0.3) is 5.69 Å². The first-order valence-corrected chi connectivity index (χ1v) is 6.56. The first-order valence-electron chi connectivity index (χ1n) is 6.56. The van der Waals surface area contributed by atoms with Crippen molar-refractivity contribution in [1.82, 2.24) is 0 Å². The summed E-state index contributed by atoms with van der Waals surface area (Å²) < 4.78 is 10.2. The quantitative estimate of drug-likeness (QED) is 0.408. The minimum atomic E-state index is -1.82. The van der Waals surface area contributed by atoms with Gasteiger partial charge in [-0.1, -0.05) is 0 Å². The van der Waals surface area contributed by atoms with E-state index in [1.807, 2.05) is 0 Å². The van der Waals surface area contributed by atoms with Crippen molar-refractivity contribution in [1.29, 1.82) is 0 Å². The summed E-state index contributed by atoms with van der Waals surface area (Å²) in [6.45, 7) is 1.47. The maximum Gasteiger partial charge on any atom is 0.335 e. The third-order valence-electron chi connectivity index (χ3n) is 3.43. The number of hydrogen-bond donors (Lipinski definition) is 4. The van der Waals surface area contributed by atoms with Gasteiger partial charge in [-0.05, 0) is 19.1 Å². The summed E-state index contributed by atoms with van der Waals surface area (Å²) in [4.78, 5) is 21.1. The number of nitro benzene ring substituents is 1. The van der Waals surface area contributed by atoms with E-state index < -0.39 is 41.6 Å². The first kappa shape index (κ1) is 17.1. The molecule has 23 heavy (non-hydrogen) atoms. The van der Waals surface area contributed by atoms with E-state index in [0.717, 1.165) is 0 Å². The molecule has 1 aliphatic heterocycles. The summed E-state index contributed by atoms with van der Waals surface area (Å²) in [6, 6.07) is 3.73. The molecule has 1 saturated heterocycles. The van der Waals surface area contributed by atoms with Crippen molar-refractivity contribution in [3.05, 3.63) is 33.9 Å². The van der Waals surface area contributed by atoms with Crippen LogP contribution >= 0.6 is 0 Å². The van der Waals surface area contributed by atoms with E-state index in [4.69, 9.17) is 14.6 Å². The van der Waals surface area contributed by atoms with Crippen LogP contribution < -0.4 is 4.74 Å². The second-order valence-electron chi connectivity index (χ2n) is 5.06. The third-order valence-corrected chi connectivity index (χ3v) is 3.43. The monoisotopic (exact) mass is 329 g/mol. The zero-order chi connectivity index (χ0) is 17.3. The van der Waals surface area contributed by atoms with Crippen LogP contribution in [0, 0.1) is 17.0 Å². The summed E-state index contributed by atoms with van der Waals surface area (Å²) in [5.74, 6) is -1.46. The standard InChI is InChI=1S/C13H15NO9/c1-5-4-6(2-3-7(5)14(20)21)22-13-10(17)8(15)9(16)11(23-13)12(18)19/h2-4,8-11,13,15-17H,1H3,(H,18,19)/t8-,9-,10+,11-,13+/m0/s1. The van der Waals surface area contributed by atoms with Gasteiger partial charge in [0.1, 0.15) is 24.1 Å². The molecule has 5 atom stereocenters. The Balaban J connectivity index is 2.19. The van der Waals surface area contributed by atoms with E-state index in [0.29, 0.717) is 0 Å². The number of aliphatic hydroxyl groups is 3. The molecule has 1 aliphatic rings. The SMILES string of the molecule is Cc1cc(O[C@@H]2O[C@H](C(=O)O)[C@@H](O)[C@H](O)[C@H]2O)ccc1[N+](=O)[O-]. The largest absolute Gasteiger partial charge is 0.479 e. The summed E-state index contributed by atoms with van der Waals surface area (Å²) in [7, 11) is 0. The lowest BCUT2D eigenvalue weighted by Gasteiger charge is -2.38. The Hall–Kier alpha value is -2.27. The molecule has 0 spiro atoms. The first-order chi connectivity index (χ1) is 10.7. The molecule has 0 radical (unpaired) electrons. The number of nitrogens with zero attached hydrogens (tertiary/aromatic N) is 1. The number of aliphatic hydroxyl groups excluding tert-OH is 3. The topological polar surface area (TPSA) is 160 Å². The molecule has 1 aromatic rings. The van der Waals surface area contributed by atoms with Crippen LogP contribution in [-0.4, -0.2) is 62.0 Å². The maximum absolute atomic E-state index is 11.0.